The molecule has 0 saturated carbocycles. The van der Waals surface area contributed by atoms with Crippen molar-refractivity contribution in [2.75, 3.05) is 13.2 Å². The lowest BCUT2D eigenvalue weighted by Gasteiger charge is -2.06. The number of nitrogens with one attached hydrogen (secondary N) is 1. The minimum absolute atomic E-state index is 0.295. The summed E-state index contributed by atoms with van der Waals surface area (Å²) in [6.07, 6.45) is -1.62. The molecule has 0 aromatic heterocycles. The van der Waals surface area contributed by atoms with Gasteiger partial charge in [0.2, 0.25) is 0 Å². The van der Waals surface area contributed by atoms with E-state index in [9.17, 15) is 27.2 Å². The first-order chi connectivity index (χ1) is 13.2. The molecule has 28 heavy (non-hydrogen) atoms. The number of benzene rings is 2. The highest BCUT2D eigenvalue weighted by Crippen LogP contribution is 2.29. The van der Waals surface area contributed by atoms with Crippen LogP contribution in [0.4, 0.5) is 17.6 Å². The van der Waals surface area contributed by atoms with E-state index in [0.29, 0.717) is 18.5 Å². The van der Waals surface area contributed by atoms with E-state index < -0.39 is 30.2 Å². The van der Waals surface area contributed by atoms with Gasteiger partial charge >= 0.3 is 12.1 Å². The van der Waals surface area contributed by atoms with Gasteiger partial charge in [-0.3, -0.25) is 4.79 Å². The van der Waals surface area contributed by atoms with Gasteiger partial charge in [-0.25, -0.2) is 9.18 Å². The van der Waals surface area contributed by atoms with Crippen LogP contribution in [0, 0.1) is 5.82 Å². The highest BCUT2D eigenvalue weighted by atomic mass is 19.4. The quantitative estimate of drug-likeness (QED) is 0.441. The molecule has 148 valence electrons. The summed E-state index contributed by atoms with van der Waals surface area (Å²) >= 11 is 0. The summed E-state index contributed by atoms with van der Waals surface area (Å²) < 4.78 is 54.9. The molecule has 0 heterocycles. The molecule has 0 aliphatic heterocycles. The molecule has 1 amide bonds. The van der Waals surface area contributed by atoms with Gasteiger partial charge in [-0.2, -0.15) is 13.2 Å². The molecule has 4 nitrogen and oxygen atoms in total. The number of hydrogen-bond donors (Lipinski definition) is 1. The van der Waals surface area contributed by atoms with Crippen molar-refractivity contribution in [3.05, 3.63) is 77.1 Å². The van der Waals surface area contributed by atoms with Gasteiger partial charge in [0, 0.05) is 12.6 Å². The molecule has 0 aliphatic carbocycles. The first-order valence-corrected chi connectivity index (χ1v) is 8.27. The van der Waals surface area contributed by atoms with Crippen LogP contribution >= 0.6 is 0 Å². The zero-order valence-electron chi connectivity index (χ0n) is 14.6. The molecule has 2 aromatic rings. The van der Waals surface area contributed by atoms with Crippen LogP contribution in [0.3, 0.4) is 0 Å². The number of carbonyl (C=O) groups is 2. The monoisotopic (exact) mass is 395 g/mol. The van der Waals surface area contributed by atoms with E-state index in [0.717, 1.165) is 23.8 Å². The van der Waals surface area contributed by atoms with Gasteiger partial charge < -0.3 is 10.1 Å². The first kappa shape index (κ1) is 21.1. The standard InChI is InChI=1S/C20H17F4NO3/c21-17-8-3-15(4-9-17)11-12-25-18(26)13-28-19(27)10-5-14-1-6-16(7-2-14)20(22,23)24/h1-10H,11-13H2,(H,25,26). The Kier molecular flexibility index (Phi) is 7.31. The molecule has 0 spiro atoms. The first-order valence-electron chi connectivity index (χ1n) is 8.27. The Morgan fingerprint density at radius 2 is 1.64 bits per heavy atom. The van der Waals surface area contributed by atoms with Crippen molar-refractivity contribution >= 4 is 18.0 Å². The number of alkyl halides is 3. The lowest BCUT2D eigenvalue weighted by atomic mass is 10.1. The third kappa shape index (κ3) is 7.22. The number of halogens is 4. The zero-order valence-corrected chi connectivity index (χ0v) is 14.6. The fourth-order valence-corrected chi connectivity index (χ4v) is 2.18. The summed E-state index contributed by atoms with van der Waals surface area (Å²) in [7, 11) is 0. The molecule has 0 saturated heterocycles. The molecule has 1 N–H and O–H groups in total. The Bertz CT molecular complexity index is 828. The van der Waals surface area contributed by atoms with Crippen molar-refractivity contribution in [3.63, 3.8) is 0 Å². The van der Waals surface area contributed by atoms with E-state index in [4.69, 9.17) is 4.74 Å². The summed E-state index contributed by atoms with van der Waals surface area (Å²) in [4.78, 5) is 23.2. The maximum atomic E-state index is 12.8. The maximum Gasteiger partial charge on any atom is 0.416 e. The van der Waals surface area contributed by atoms with E-state index in [1.54, 1.807) is 12.1 Å². The number of esters is 1. The Morgan fingerprint density at radius 1 is 1.00 bits per heavy atom. The average Bonchev–Trinajstić information content (AvgIpc) is 2.66. The molecule has 0 fully saturated rings. The summed E-state index contributed by atoms with van der Waals surface area (Å²) in [5.74, 6) is -1.64. The van der Waals surface area contributed by atoms with Crippen LogP contribution in [-0.4, -0.2) is 25.0 Å². The Morgan fingerprint density at radius 3 is 2.25 bits per heavy atom. The average molecular weight is 395 g/mol. The predicted molar refractivity (Wildman–Crippen MR) is 94.6 cm³/mol. The zero-order chi connectivity index (χ0) is 20.6. The molecule has 0 aliphatic rings. The van der Waals surface area contributed by atoms with Crippen molar-refractivity contribution in [1.82, 2.24) is 5.32 Å². The van der Waals surface area contributed by atoms with Crippen LogP contribution in [0.2, 0.25) is 0 Å². The second-order valence-corrected chi connectivity index (χ2v) is 5.79. The minimum atomic E-state index is -4.43. The van der Waals surface area contributed by atoms with E-state index in [1.165, 1.54) is 30.3 Å². The minimum Gasteiger partial charge on any atom is -0.452 e. The third-order valence-corrected chi connectivity index (χ3v) is 3.64. The van der Waals surface area contributed by atoms with Gasteiger partial charge in [-0.05, 0) is 47.9 Å². The summed E-state index contributed by atoms with van der Waals surface area (Å²) in [5.41, 5.74) is 0.441. The van der Waals surface area contributed by atoms with Crippen LogP contribution in [0.25, 0.3) is 6.08 Å². The molecular weight excluding hydrogens is 378 g/mol. The van der Waals surface area contributed by atoms with Gasteiger partial charge in [0.05, 0.1) is 5.56 Å². The van der Waals surface area contributed by atoms with E-state index >= 15 is 0 Å². The largest absolute Gasteiger partial charge is 0.452 e. The number of amides is 1. The van der Waals surface area contributed by atoms with E-state index in [2.05, 4.69) is 5.32 Å². The second kappa shape index (κ2) is 9.68. The van der Waals surface area contributed by atoms with Crippen LogP contribution in [0.15, 0.2) is 54.6 Å². The normalized spacial score (nSPS) is 11.4. The molecule has 2 aromatic carbocycles. The van der Waals surface area contributed by atoms with Gasteiger partial charge in [0.1, 0.15) is 5.82 Å². The van der Waals surface area contributed by atoms with Crippen LogP contribution in [-0.2, 0) is 26.9 Å². The van der Waals surface area contributed by atoms with Gasteiger partial charge in [-0.1, -0.05) is 24.3 Å². The van der Waals surface area contributed by atoms with Crippen LogP contribution in [0.5, 0.6) is 0 Å². The Hall–Kier alpha value is -3.16. The van der Waals surface area contributed by atoms with E-state index in [-0.39, 0.29) is 5.82 Å². The SMILES string of the molecule is O=C(COC(=O)C=Cc1ccc(C(F)(F)F)cc1)NCCc1ccc(F)cc1. The highest BCUT2D eigenvalue weighted by molar-refractivity contribution is 5.89. The number of hydrogen-bond acceptors (Lipinski definition) is 3. The topological polar surface area (TPSA) is 55.4 Å². The molecule has 0 bridgehead atoms. The number of carbonyl (C=O) groups excluding carboxylic acids is 2. The van der Waals surface area contributed by atoms with Crippen molar-refractivity contribution < 1.29 is 31.9 Å². The van der Waals surface area contributed by atoms with Crippen molar-refractivity contribution in [2.45, 2.75) is 12.6 Å². The second-order valence-electron chi connectivity index (χ2n) is 5.79. The summed E-state index contributed by atoms with van der Waals surface area (Å²) in [6.45, 7) is -0.191. The third-order valence-electron chi connectivity index (χ3n) is 3.64. The van der Waals surface area contributed by atoms with Crippen molar-refractivity contribution in [3.8, 4) is 0 Å². The molecule has 8 heteroatoms. The molecule has 0 unspecified atom stereocenters. The lowest BCUT2D eigenvalue weighted by Crippen LogP contribution is -2.30. The number of rotatable bonds is 7. The van der Waals surface area contributed by atoms with E-state index in [1.807, 2.05) is 0 Å². The van der Waals surface area contributed by atoms with Crippen molar-refractivity contribution in [2.24, 2.45) is 0 Å². The van der Waals surface area contributed by atoms with Gasteiger partial charge in [0.25, 0.3) is 5.91 Å². The van der Waals surface area contributed by atoms with Crippen LogP contribution < -0.4 is 5.32 Å². The van der Waals surface area contributed by atoms with Gasteiger partial charge in [0.15, 0.2) is 6.61 Å². The molecular formula is C20H17F4NO3. The highest BCUT2D eigenvalue weighted by Gasteiger charge is 2.29. The van der Waals surface area contributed by atoms with Gasteiger partial charge in [-0.15, -0.1) is 0 Å². The smallest absolute Gasteiger partial charge is 0.416 e. The van der Waals surface area contributed by atoms with Crippen LogP contribution in [0.1, 0.15) is 16.7 Å². The lowest BCUT2D eigenvalue weighted by molar-refractivity contribution is -0.143. The molecule has 0 atom stereocenters. The molecule has 0 radical (unpaired) electrons. The van der Waals surface area contributed by atoms with Crippen molar-refractivity contribution in [1.29, 1.82) is 0 Å². The summed E-state index contributed by atoms with van der Waals surface area (Å²) in [6, 6.07) is 10.1. The fraction of sp³-hybridized carbons (Fsp3) is 0.200. The Labute approximate surface area is 158 Å². The summed E-state index contributed by atoms with van der Waals surface area (Å²) in [5, 5.41) is 2.55. The predicted octanol–water partition coefficient (Wildman–Crippen LogP) is 3.76. The fourth-order valence-electron chi connectivity index (χ4n) is 2.18. The molecule has 2 rings (SSSR count). The maximum absolute atomic E-state index is 12.8. The number of ether oxygens (including phenoxy) is 1. The Balaban J connectivity index is 1.70.